The van der Waals surface area contributed by atoms with Crippen molar-refractivity contribution in [2.24, 2.45) is 0 Å². The number of carboxylic acids is 1. The molecule has 0 aromatic heterocycles. The van der Waals surface area contributed by atoms with E-state index in [1.54, 1.807) is 18.2 Å². The lowest BCUT2D eigenvalue weighted by Crippen LogP contribution is -2.32. The van der Waals surface area contributed by atoms with Crippen LogP contribution in [0.2, 0.25) is 5.02 Å². The summed E-state index contributed by atoms with van der Waals surface area (Å²) in [5.74, 6) is -1.58. The van der Waals surface area contributed by atoms with Crippen molar-refractivity contribution in [3.63, 3.8) is 0 Å². The molecule has 0 bridgehead atoms. The van der Waals surface area contributed by atoms with Gasteiger partial charge >= 0.3 is 5.97 Å². The molecule has 0 spiro atoms. The summed E-state index contributed by atoms with van der Waals surface area (Å²) in [7, 11) is 0. The third-order valence-electron chi connectivity index (χ3n) is 1.87. The lowest BCUT2D eigenvalue weighted by molar-refractivity contribution is -0.141. The second-order valence-electron chi connectivity index (χ2n) is 3.14. The summed E-state index contributed by atoms with van der Waals surface area (Å²) >= 11 is 9.12. The van der Waals surface area contributed by atoms with E-state index in [1.165, 1.54) is 6.92 Å². The zero-order valence-electron chi connectivity index (χ0n) is 8.33. The van der Waals surface area contributed by atoms with Gasteiger partial charge in [0.25, 0.3) is 0 Å². The monoisotopic (exact) mass is 305 g/mol. The molecular formula is C10H9BrClNO3. The van der Waals surface area contributed by atoms with Gasteiger partial charge in [0.15, 0.2) is 6.04 Å². The van der Waals surface area contributed by atoms with Crippen LogP contribution in [0, 0.1) is 0 Å². The van der Waals surface area contributed by atoms with Gasteiger partial charge in [-0.2, -0.15) is 0 Å². The maximum atomic E-state index is 11.0. The van der Waals surface area contributed by atoms with Gasteiger partial charge < -0.3 is 10.4 Å². The van der Waals surface area contributed by atoms with Crippen LogP contribution in [0.4, 0.5) is 0 Å². The van der Waals surface area contributed by atoms with Gasteiger partial charge in [0, 0.05) is 22.0 Å². The Bertz CT molecular complexity index is 436. The van der Waals surface area contributed by atoms with Crippen molar-refractivity contribution in [3.8, 4) is 0 Å². The molecule has 6 heteroatoms. The molecule has 0 heterocycles. The molecule has 0 aliphatic carbocycles. The standard InChI is InChI=1S/C10H9BrClNO3/c1-5(14)13-9(10(15)16)7-3-2-6(11)4-8(7)12/h2-4,9H,1H3,(H,13,14)(H,15,16). The third-order valence-corrected chi connectivity index (χ3v) is 2.69. The Morgan fingerprint density at radius 1 is 1.50 bits per heavy atom. The number of carbonyl (C=O) groups is 2. The summed E-state index contributed by atoms with van der Waals surface area (Å²) in [6.45, 7) is 1.25. The summed E-state index contributed by atoms with van der Waals surface area (Å²) in [6.07, 6.45) is 0. The molecule has 1 rings (SSSR count). The van der Waals surface area contributed by atoms with Crippen LogP contribution in [0.5, 0.6) is 0 Å². The molecule has 1 atom stereocenters. The average Bonchev–Trinajstić information content (AvgIpc) is 2.14. The molecular weight excluding hydrogens is 297 g/mol. The SMILES string of the molecule is CC(=O)NC(C(=O)O)c1ccc(Br)cc1Cl. The summed E-state index contributed by atoms with van der Waals surface area (Å²) in [5, 5.41) is 11.6. The van der Waals surface area contributed by atoms with Crippen LogP contribution in [0.15, 0.2) is 22.7 Å². The Kier molecular flexibility index (Phi) is 4.32. The minimum absolute atomic E-state index is 0.288. The number of benzene rings is 1. The maximum Gasteiger partial charge on any atom is 0.330 e. The number of carboxylic acid groups (broad SMARTS) is 1. The smallest absolute Gasteiger partial charge is 0.330 e. The van der Waals surface area contributed by atoms with Crippen LogP contribution >= 0.6 is 27.5 Å². The van der Waals surface area contributed by atoms with E-state index in [1.807, 2.05) is 0 Å². The van der Waals surface area contributed by atoms with Gasteiger partial charge in [0.05, 0.1) is 0 Å². The minimum Gasteiger partial charge on any atom is -0.479 e. The number of halogens is 2. The molecule has 0 saturated carbocycles. The number of rotatable bonds is 3. The lowest BCUT2D eigenvalue weighted by Gasteiger charge is -2.15. The molecule has 0 fully saturated rings. The van der Waals surface area contributed by atoms with Crippen molar-refractivity contribution in [1.29, 1.82) is 0 Å². The third kappa shape index (κ3) is 3.21. The maximum absolute atomic E-state index is 11.0. The fourth-order valence-electron chi connectivity index (χ4n) is 1.21. The zero-order chi connectivity index (χ0) is 12.3. The Balaban J connectivity index is 3.10. The Hall–Kier alpha value is -1.07. The molecule has 86 valence electrons. The first-order valence-corrected chi connectivity index (χ1v) is 5.53. The zero-order valence-corrected chi connectivity index (χ0v) is 10.7. The van der Waals surface area contributed by atoms with Crippen molar-refractivity contribution in [1.82, 2.24) is 5.32 Å². The molecule has 1 unspecified atom stereocenters. The van der Waals surface area contributed by atoms with Gasteiger partial charge in [-0.15, -0.1) is 0 Å². The highest BCUT2D eigenvalue weighted by Gasteiger charge is 2.22. The second kappa shape index (κ2) is 5.32. The van der Waals surface area contributed by atoms with Crippen LogP contribution in [0.25, 0.3) is 0 Å². The number of aliphatic carboxylic acids is 1. The summed E-state index contributed by atoms with van der Waals surface area (Å²) in [5.41, 5.74) is 0.354. The highest BCUT2D eigenvalue weighted by Crippen LogP contribution is 2.26. The first-order valence-electron chi connectivity index (χ1n) is 4.36. The number of hydrogen-bond acceptors (Lipinski definition) is 2. The predicted molar refractivity (Wildman–Crippen MR) is 63.3 cm³/mol. The first kappa shape index (κ1) is 13.0. The Morgan fingerprint density at radius 2 is 2.12 bits per heavy atom. The van der Waals surface area contributed by atoms with E-state index in [4.69, 9.17) is 16.7 Å². The number of amides is 1. The quantitative estimate of drug-likeness (QED) is 0.901. The van der Waals surface area contributed by atoms with E-state index in [9.17, 15) is 9.59 Å². The van der Waals surface area contributed by atoms with E-state index >= 15 is 0 Å². The molecule has 1 aromatic carbocycles. The molecule has 4 nitrogen and oxygen atoms in total. The van der Waals surface area contributed by atoms with Gasteiger partial charge in [-0.05, 0) is 12.1 Å². The molecule has 0 saturated heterocycles. The van der Waals surface area contributed by atoms with E-state index in [0.717, 1.165) is 4.47 Å². The highest BCUT2D eigenvalue weighted by atomic mass is 79.9. The van der Waals surface area contributed by atoms with Crippen LogP contribution < -0.4 is 5.32 Å². The van der Waals surface area contributed by atoms with Gasteiger partial charge in [-0.25, -0.2) is 4.79 Å². The molecule has 0 aliphatic heterocycles. The van der Waals surface area contributed by atoms with Gasteiger partial charge in [0.1, 0.15) is 0 Å². The topological polar surface area (TPSA) is 66.4 Å². The van der Waals surface area contributed by atoms with Crippen molar-refractivity contribution in [2.75, 3.05) is 0 Å². The normalized spacial score (nSPS) is 11.9. The van der Waals surface area contributed by atoms with E-state index in [2.05, 4.69) is 21.2 Å². The van der Waals surface area contributed by atoms with Crippen LogP contribution in [0.1, 0.15) is 18.5 Å². The fourth-order valence-corrected chi connectivity index (χ4v) is 1.99. The van der Waals surface area contributed by atoms with Crippen molar-refractivity contribution >= 4 is 39.4 Å². The van der Waals surface area contributed by atoms with Crippen molar-refractivity contribution < 1.29 is 14.7 Å². The number of hydrogen-bond donors (Lipinski definition) is 2. The summed E-state index contributed by atoms with van der Waals surface area (Å²) in [6, 6.07) is 3.67. The molecule has 0 radical (unpaired) electrons. The van der Waals surface area contributed by atoms with Crippen LogP contribution in [-0.2, 0) is 9.59 Å². The van der Waals surface area contributed by atoms with Crippen molar-refractivity contribution in [2.45, 2.75) is 13.0 Å². The summed E-state index contributed by atoms with van der Waals surface area (Å²) in [4.78, 5) is 21.9. The van der Waals surface area contributed by atoms with Crippen LogP contribution in [-0.4, -0.2) is 17.0 Å². The molecule has 1 amide bonds. The Morgan fingerprint density at radius 3 is 2.56 bits per heavy atom. The molecule has 2 N–H and O–H groups in total. The first-order chi connectivity index (χ1) is 7.41. The van der Waals surface area contributed by atoms with Gasteiger partial charge in [-0.1, -0.05) is 33.6 Å². The van der Waals surface area contributed by atoms with Gasteiger partial charge in [0.2, 0.25) is 5.91 Å². The Labute approximate surface area is 106 Å². The molecule has 16 heavy (non-hydrogen) atoms. The average molecular weight is 307 g/mol. The molecule has 0 aliphatic rings. The number of nitrogens with one attached hydrogen (secondary N) is 1. The molecule has 1 aromatic rings. The number of carbonyl (C=O) groups excluding carboxylic acids is 1. The highest BCUT2D eigenvalue weighted by molar-refractivity contribution is 9.10. The largest absolute Gasteiger partial charge is 0.479 e. The van der Waals surface area contributed by atoms with E-state index in [-0.39, 0.29) is 5.02 Å². The second-order valence-corrected chi connectivity index (χ2v) is 4.46. The van der Waals surface area contributed by atoms with Crippen molar-refractivity contribution in [3.05, 3.63) is 33.3 Å². The van der Waals surface area contributed by atoms with Gasteiger partial charge in [-0.3, -0.25) is 4.79 Å². The van der Waals surface area contributed by atoms with E-state index in [0.29, 0.717) is 5.56 Å². The summed E-state index contributed by atoms with van der Waals surface area (Å²) < 4.78 is 0.744. The van der Waals surface area contributed by atoms with Crippen LogP contribution in [0.3, 0.4) is 0 Å². The van der Waals surface area contributed by atoms with E-state index < -0.39 is 17.9 Å². The predicted octanol–water partition coefficient (Wildman–Crippen LogP) is 2.36. The lowest BCUT2D eigenvalue weighted by atomic mass is 10.1. The fraction of sp³-hybridized carbons (Fsp3) is 0.200. The minimum atomic E-state index is -1.15.